The largest absolute Gasteiger partial charge is 0.497 e. The number of nitrogens with zero attached hydrogens (tertiary/aromatic N) is 1. The van der Waals surface area contributed by atoms with Crippen LogP contribution in [0.2, 0.25) is 0 Å². The van der Waals surface area contributed by atoms with Gasteiger partial charge in [-0.1, -0.05) is 24.3 Å². The molecule has 0 saturated carbocycles. The normalized spacial score (nSPS) is 12.0. The molecule has 0 aromatic heterocycles. The highest BCUT2D eigenvalue weighted by Gasteiger charge is 2.29. The first-order chi connectivity index (χ1) is 15.8. The number of hydrogen-bond donors (Lipinski definition) is 1. The van der Waals surface area contributed by atoms with Gasteiger partial charge in [0.2, 0.25) is 5.91 Å². The van der Waals surface area contributed by atoms with E-state index in [9.17, 15) is 17.6 Å². The van der Waals surface area contributed by atoms with Gasteiger partial charge in [-0.15, -0.1) is 0 Å². The molecule has 0 fully saturated rings. The third kappa shape index (κ3) is 5.61. The summed E-state index contributed by atoms with van der Waals surface area (Å²) in [5.74, 6) is -0.113. The number of anilines is 1. The van der Waals surface area contributed by atoms with E-state index in [-0.39, 0.29) is 16.4 Å². The minimum atomic E-state index is -4.13. The molecule has 33 heavy (non-hydrogen) atoms. The first-order valence-electron chi connectivity index (χ1n) is 10.1. The lowest BCUT2D eigenvalue weighted by molar-refractivity contribution is -0.120. The summed E-state index contributed by atoms with van der Waals surface area (Å²) >= 11 is 0. The summed E-state index contributed by atoms with van der Waals surface area (Å²) in [5, 5.41) is 2.77. The van der Waals surface area contributed by atoms with Crippen LogP contribution in [-0.4, -0.2) is 35.1 Å². The van der Waals surface area contributed by atoms with Gasteiger partial charge in [0, 0.05) is 0 Å². The third-order valence-corrected chi connectivity index (χ3v) is 6.81. The van der Waals surface area contributed by atoms with E-state index in [0.29, 0.717) is 17.1 Å². The molecule has 0 radical (unpaired) electrons. The molecular weight excluding hydrogens is 447 g/mol. The number of halogens is 1. The summed E-state index contributed by atoms with van der Waals surface area (Å²) in [5.41, 5.74) is 0.909. The quantitative estimate of drug-likeness (QED) is 0.510. The lowest BCUT2D eigenvalue weighted by Gasteiger charge is -2.26. The zero-order chi connectivity index (χ0) is 24.0. The van der Waals surface area contributed by atoms with Crippen molar-refractivity contribution in [2.75, 3.05) is 25.1 Å². The molecule has 0 unspecified atom stereocenters. The Balaban J connectivity index is 1.93. The molecule has 1 N–H and O–H groups in total. The number of hydrogen-bond acceptors (Lipinski definition) is 5. The molecule has 0 bridgehead atoms. The number of benzene rings is 3. The highest BCUT2D eigenvalue weighted by Crippen LogP contribution is 2.32. The zero-order valence-electron chi connectivity index (χ0n) is 18.5. The van der Waals surface area contributed by atoms with Gasteiger partial charge in [0.05, 0.1) is 30.8 Å². The Kier molecular flexibility index (Phi) is 7.55. The van der Waals surface area contributed by atoms with E-state index in [0.717, 1.165) is 4.31 Å². The molecule has 3 aromatic rings. The molecule has 7 nitrogen and oxygen atoms in total. The fourth-order valence-electron chi connectivity index (χ4n) is 3.26. The van der Waals surface area contributed by atoms with Crippen molar-refractivity contribution in [1.29, 1.82) is 0 Å². The van der Waals surface area contributed by atoms with Crippen LogP contribution in [0.4, 0.5) is 10.1 Å². The molecule has 0 aliphatic rings. The average Bonchev–Trinajstić information content (AvgIpc) is 2.82. The van der Waals surface area contributed by atoms with Crippen molar-refractivity contribution in [3.8, 4) is 11.5 Å². The van der Waals surface area contributed by atoms with Gasteiger partial charge in [-0.3, -0.25) is 9.10 Å². The first-order valence-corrected chi connectivity index (χ1v) is 11.5. The highest BCUT2D eigenvalue weighted by atomic mass is 32.2. The monoisotopic (exact) mass is 472 g/mol. The first kappa shape index (κ1) is 24.1. The average molecular weight is 473 g/mol. The number of sulfonamides is 1. The molecule has 0 heterocycles. The number of ether oxygens (including phenoxy) is 2. The number of carbonyl (C=O) groups is 1. The van der Waals surface area contributed by atoms with Gasteiger partial charge in [0.15, 0.2) is 0 Å². The van der Waals surface area contributed by atoms with E-state index in [2.05, 4.69) is 5.32 Å². The molecule has 9 heteroatoms. The van der Waals surface area contributed by atoms with Crippen LogP contribution >= 0.6 is 0 Å². The van der Waals surface area contributed by atoms with E-state index >= 15 is 0 Å². The van der Waals surface area contributed by atoms with Gasteiger partial charge in [0.25, 0.3) is 10.0 Å². The van der Waals surface area contributed by atoms with Crippen LogP contribution in [-0.2, 0) is 14.8 Å². The minimum Gasteiger partial charge on any atom is -0.497 e. The number of amides is 1. The maximum Gasteiger partial charge on any atom is 0.264 e. The minimum absolute atomic E-state index is 0.00594. The van der Waals surface area contributed by atoms with Crippen molar-refractivity contribution in [1.82, 2.24) is 5.32 Å². The van der Waals surface area contributed by atoms with Gasteiger partial charge < -0.3 is 14.8 Å². The topological polar surface area (TPSA) is 84.9 Å². The van der Waals surface area contributed by atoms with Crippen LogP contribution in [0.5, 0.6) is 11.5 Å². The second-order valence-corrected chi connectivity index (χ2v) is 9.06. The highest BCUT2D eigenvalue weighted by molar-refractivity contribution is 7.92. The Morgan fingerprint density at radius 2 is 1.61 bits per heavy atom. The Morgan fingerprint density at radius 1 is 0.970 bits per heavy atom. The Morgan fingerprint density at radius 3 is 2.21 bits per heavy atom. The predicted octanol–water partition coefficient (Wildman–Crippen LogP) is 3.92. The molecule has 0 saturated heterocycles. The van der Waals surface area contributed by atoms with Gasteiger partial charge >= 0.3 is 0 Å². The number of para-hydroxylation sites is 2. The zero-order valence-corrected chi connectivity index (χ0v) is 19.3. The molecule has 0 aliphatic carbocycles. The van der Waals surface area contributed by atoms with Crippen molar-refractivity contribution in [2.45, 2.75) is 17.9 Å². The van der Waals surface area contributed by atoms with Crippen LogP contribution in [0, 0.1) is 5.82 Å². The van der Waals surface area contributed by atoms with Crippen LogP contribution in [0.3, 0.4) is 0 Å². The summed E-state index contributed by atoms with van der Waals surface area (Å²) in [4.78, 5) is 12.9. The number of rotatable bonds is 9. The molecule has 3 rings (SSSR count). The summed E-state index contributed by atoms with van der Waals surface area (Å²) in [7, 11) is -1.22. The molecule has 3 aromatic carbocycles. The second-order valence-electron chi connectivity index (χ2n) is 7.20. The van der Waals surface area contributed by atoms with Crippen molar-refractivity contribution in [3.05, 3.63) is 84.2 Å². The fourth-order valence-corrected chi connectivity index (χ4v) is 4.69. The smallest absolute Gasteiger partial charge is 0.264 e. The second kappa shape index (κ2) is 10.4. The van der Waals surface area contributed by atoms with Gasteiger partial charge in [-0.25, -0.2) is 12.8 Å². The molecule has 0 spiro atoms. The molecule has 1 amide bonds. The maximum atomic E-state index is 13.5. The molecule has 1 atom stereocenters. The number of carbonyl (C=O) groups excluding carboxylic acids is 1. The third-order valence-electron chi connectivity index (χ3n) is 5.04. The van der Waals surface area contributed by atoms with Crippen LogP contribution in [0.15, 0.2) is 77.7 Å². The maximum absolute atomic E-state index is 13.5. The Hall–Kier alpha value is -3.59. The van der Waals surface area contributed by atoms with Gasteiger partial charge in [-0.2, -0.15) is 0 Å². The van der Waals surface area contributed by atoms with E-state index in [1.165, 1.54) is 50.6 Å². The van der Waals surface area contributed by atoms with E-state index < -0.39 is 28.5 Å². The molecule has 174 valence electrons. The van der Waals surface area contributed by atoms with Crippen LogP contribution < -0.4 is 19.1 Å². The van der Waals surface area contributed by atoms with Crippen molar-refractivity contribution in [3.63, 3.8) is 0 Å². The lowest BCUT2D eigenvalue weighted by atomic mass is 10.1. The van der Waals surface area contributed by atoms with Crippen LogP contribution in [0.1, 0.15) is 18.5 Å². The molecule has 0 aliphatic heterocycles. The SMILES string of the molecule is COc1ccc(S(=O)(=O)N(CC(=O)N[C@H](C)c2ccc(F)cc2)c2ccccc2OC)cc1. The summed E-state index contributed by atoms with van der Waals surface area (Å²) in [6.07, 6.45) is 0. The summed E-state index contributed by atoms with van der Waals surface area (Å²) < 4.78 is 51.7. The van der Waals surface area contributed by atoms with Crippen molar-refractivity contribution in [2.24, 2.45) is 0 Å². The van der Waals surface area contributed by atoms with Crippen molar-refractivity contribution < 1.29 is 27.1 Å². The van der Waals surface area contributed by atoms with E-state index in [4.69, 9.17) is 9.47 Å². The summed E-state index contributed by atoms with van der Waals surface area (Å²) in [6, 6.07) is 17.7. The standard InChI is InChI=1S/C24H25FN2O5S/c1-17(18-8-10-19(25)11-9-18)26-24(28)16-27(22-6-4-5-7-23(22)32-3)33(29,30)21-14-12-20(31-2)13-15-21/h4-15,17H,16H2,1-3H3,(H,26,28)/t17-/m1/s1. The number of nitrogens with one attached hydrogen (secondary N) is 1. The van der Waals surface area contributed by atoms with Crippen molar-refractivity contribution >= 4 is 21.6 Å². The Bertz CT molecular complexity index is 1200. The van der Waals surface area contributed by atoms with Gasteiger partial charge in [-0.05, 0) is 61.0 Å². The predicted molar refractivity (Wildman–Crippen MR) is 123 cm³/mol. The van der Waals surface area contributed by atoms with Gasteiger partial charge in [0.1, 0.15) is 23.9 Å². The van der Waals surface area contributed by atoms with E-state index in [1.54, 1.807) is 43.3 Å². The number of methoxy groups -OCH3 is 2. The fraction of sp³-hybridized carbons (Fsp3) is 0.208. The lowest BCUT2D eigenvalue weighted by Crippen LogP contribution is -2.41. The summed E-state index contributed by atoms with van der Waals surface area (Å²) in [6.45, 7) is 1.25. The Labute approximate surface area is 192 Å². The van der Waals surface area contributed by atoms with Crippen LogP contribution in [0.25, 0.3) is 0 Å². The van der Waals surface area contributed by atoms with E-state index in [1.807, 2.05) is 0 Å². The molecular formula is C24H25FN2O5S.